The number of aldehydes is 1. The minimum atomic E-state index is 0.401. The molecule has 0 heterocycles. The molecule has 0 atom stereocenters. The zero-order chi connectivity index (χ0) is 13.7. The van der Waals surface area contributed by atoms with Gasteiger partial charge in [-0.05, 0) is 52.4 Å². The van der Waals surface area contributed by atoms with Gasteiger partial charge in [0, 0.05) is 3.57 Å². The monoisotopic (exact) mass is 368 g/mol. The Morgan fingerprint density at radius 1 is 1.21 bits per heavy atom. The Morgan fingerprint density at radius 3 is 2.68 bits per heavy atom. The Labute approximate surface area is 125 Å². The van der Waals surface area contributed by atoms with Crippen molar-refractivity contribution in [2.24, 2.45) is 0 Å². The number of methoxy groups -OCH3 is 1. The lowest BCUT2D eigenvalue weighted by atomic mass is 10.2. The predicted octanol–water partition coefficient (Wildman–Crippen LogP) is 3.69. The SMILES string of the molecule is COc1cccc(C=O)c1OCc1cccc(I)c1. The van der Waals surface area contributed by atoms with Crippen LogP contribution in [0.3, 0.4) is 0 Å². The molecule has 2 aromatic carbocycles. The van der Waals surface area contributed by atoms with Crippen LogP contribution in [0.4, 0.5) is 0 Å². The van der Waals surface area contributed by atoms with E-state index < -0.39 is 0 Å². The molecule has 98 valence electrons. The summed E-state index contributed by atoms with van der Waals surface area (Å²) in [5, 5.41) is 0. The molecule has 0 N–H and O–H groups in total. The molecule has 0 aliphatic carbocycles. The van der Waals surface area contributed by atoms with Crippen LogP contribution in [0.5, 0.6) is 11.5 Å². The Balaban J connectivity index is 2.21. The average Bonchev–Trinajstić information content (AvgIpc) is 2.44. The van der Waals surface area contributed by atoms with Gasteiger partial charge in [0.1, 0.15) is 6.61 Å². The largest absolute Gasteiger partial charge is 0.493 e. The first kappa shape index (κ1) is 13.9. The molecule has 0 radical (unpaired) electrons. The van der Waals surface area contributed by atoms with Crippen LogP contribution in [0.2, 0.25) is 0 Å². The van der Waals surface area contributed by atoms with Gasteiger partial charge in [-0.15, -0.1) is 0 Å². The van der Waals surface area contributed by atoms with Crippen molar-refractivity contribution in [1.29, 1.82) is 0 Å². The van der Waals surface area contributed by atoms with Crippen molar-refractivity contribution in [3.63, 3.8) is 0 Å². The summed E-state index contributed by atoms with van der Waals surface area (Å²) in [6, 6.07) is 13.3. The molecule has 0 saturated heterocycles. The third-order valence-electron chi connectivity index (χ3n) is 2.63. The van der Waals surface area contributed by atoms with Crippen molar-refractivity contribution in [2.45, 2.75) is 6.61 Å². The average molecular weight is 368 g/mol. The third-order valence-corrected chi connectivity index (χ3v) is 3.30. The Morgan fingerprint density at radius 2 is 2.00 bits per heavy atom. The van der Waals surface area contributed by atoms with Gasteiger partial charge in [0.05, 0.1) is 12.7 Å². The summed E-state index contributed by atoms with van der Waals surface area (Å²) >= 11 is 2.25. The third kappa shape index (κ3) is 3.47. The number of hydrogen-bond acceptors (Lipinski definition) is 3. The van der Waals surface area contributed by atoms with E-state index >= 15 is 0 Å². The van der Waals surface area contributed by atoms with E-state index in [0.717, 1.165) is 15.4 Å². The van der Waals surface area contributed by atoms with E-state index in [1.54, 1.807) is 25.3 Å². The molecule has 0 unspecified atom stereocenters. The molecule has 2 aromatic rings. The van der Waals surface area contributed by atoms with E-state index in [1.165, 1.54) is 0 Å². The summed E-state index contributed by atoms with van der Waals surface area (Å²) in [5.41, 5.74) is 1.54. The highest BCUT2D eigenvalue weighted by atomic mass is 127. The summed E-state index contributed by atoms with van der Waals surface area (Å²) in [6.07, 6.45) is 0.770. The Hall–Kier alpha value is -1.56. The van der Waals surface area contributed by atoms with Crippen LogP contribution in [-0.2, 0) is 6.61 Å². The Bertz CT molecular complexity index is 581. The molecular formula is C15H13IO3. The minimum Gasteiger partial charge on any atom is -0.493 e. The number of halogens is 1. The topological polar surface area (TPSA) is 35.5 Å². The minimum absolute atomic E-state index is 0.401. The zero-order valence-corrected chi connectivity index (χ0v) is 12.6. The maximum atomic E-state index is 11.0. The van der Waals surface area contributed by atoms with Gasteiger partial charge in [0.15, 0.2) is 17.8 Å². The second kappa shape index (κ2) is 6.56. The highest BCUT2D eigenvalue weighted by molar-refractivity contribution is 14.1. The van der Waals surface area contributed by atoms with Crippen LogP contribution >= 0.6 is 22.6 Å². The number of rotatable bonds is 5. The maximum Gasteiger partial charge on any atom is 0.172 e. The van der Waals surface area contributed by atoms with Crippen LogP contribution < -0.4 is 9.47 Å². The van der Waals surface area contributed by atoms with Crippen LogP contribution in [0.15, 0.2) is 42.5 Å². The summed E-state index contributed by atoms with van der Waals surface area (Å²) < 4.78 is 12.1. The highest BCUT2D eigenvalue weighted by Crippen LogP contribution is 2.30. The molecule has 0 spiro atoms. The highest BCUT2D eigenvalue weighted by Gasteiger charge is 2.10. The summed E-state index contributed by atoms with van der Waals surface area (Å²) in [7, 11) is 1.56. The van der Waals surface area contributed by atoms with Crippen LogP contribution in [0, 0.1) is 3.57 Å². The summed E-state index contributed by atoms with van der Waals surface area (Å²) in [6.45, 7) is 0.401. The summed E-state index contributed by atoms with van der Waals surface area (Å²) in [4.78, 5) is 11.0. The smallest absolute Gasteiger partial charge is 0.172 e. The van der Waals surface area contributed by atoms with Gasteiger partial charge in [0.25, 0.3) is 0 Å². The molecule has 0 fully saturated rings. The first-order valence-corrected chi connectivity index (χ1v) is 6.82. The lowest BCUT2D eigenvalue weighted by Gasteiger charge is -2.12. The fraction of sp³-hybridized carbons (Fsp3) is 0.133. The van der Waals surface area contributed by atoms with Gasteiger partial charge in [-0.1, -0.05) is 18.2 Å². The number of ether oxygens (including phenoxy) is 2. The first-order chi connectivity index (χ1) is 9.24. The number of carbonyl (C=O) groups is 1. The Kier molecular flexibility index (Phi) is 4.79. The van der Waals surface area contributed by atoms with E-state index in [1.807, 2.05) is 24.3 Å². The number of carbonyl (C=O) groups excluding carboxylic acids is 1. The first-order valence-electron chi connectivity index (χ1n) is 5.74. The number of hydrogen-bond donors (Lipinski definition) is 0. The molecule has 2 rings (SSSR count). The lowest BCUT2D eigenvalue weighted by molar-refractivity contribution is 0.111. The predicted molar refractivity (Wildman–Crippen MR) is 81.9 cm³/mol. The van der Waals surface area contributed by atoms with E-state index in [9.17, 15) is 4.79 Å². The second-order valence-electron chi connectivity index (χ2n) is 3.92. The van der Waals surface area contributed by atoms with E-state index in [4.69, 9.17) is 9.47 Å². The van der Waals surface area contributed by atoms with E-state index in [2.05, 4.69) is 22.6 Å². The molecule has 0 saturated carbocycles. The zero-order valence-electron chi connectivity index (χ0n) is 10.4. The van der Waals surface area contributed by atoms with E-state index in [-0.39, 0.29) is 0 Å². The molecule has 4 heteroatoms. The van der Waals surface area contributed by atoms with Crippen LogP contribution in [0.1, 0.15) is 15.9 Å². The van der Waals surface area contributed by atoms with Gasteiger partial charge in [-0.25, -0.2) is 0 Å². The van der Waals surface area contributed by atoms with Gasteiger partial charge < -0.3 is 9.47 Å². The van der Waals surface area contributed by atoms with E-state index in [0.29, 0.717) is 23.7 Å². The van der Waals surface area contributed by atoms with Gasteiger partial charge >= 0.3 is 0 Å². The summed E-state index contributed by atoms with van der Waals surface area (Å²) in [5.74, 6) is 1.05. The van der Waals surface area contributed by atoms with Crippen molar-refractivity contribution in [3.8, 4) is 11.5 Å². The van der Waals surface area contributed by atoms with Crippen molar-refractivity contribution in [3.05, 3.63) is 57.2 Å². The van der Waals surface area contributed by atoms with Crippen molar-refractivity contribution < 1.29 is 14.3 Å². The van der Waals surface area contributed by atoms with Crippen molar-refractivity contribution in [1.82, 2.24) is 0 Å². The number of benzene rings is 2. The normalized spacial score (nSPS) is 10.0. The quantitative estimate of drug-likeness (QED) is 0.597. The molecule has 19 heavy (non-hydrogen) atoms. The lowest BCUT2D eigenvalue weighted by Crippen LogP contribution is -2.00. The molecule has 0 aromatic heterocycles. The maximum absolute atomic E-state index is 11.0. The van der Waals surface area contributed by atoms with Gasteiger partial charge in [-0.2, -0.15) is 0 Å². The molecule has 0 amide bonds. The van der Waals surface area contributed by atoms with Crippen molar-refractivity contribution in [2.75, 3.05) is 7.11 Å². The van der Waals surface area contributed by atoms with Crippen LogP contribution in [0.25, 0.3) is 0 Å². The fourth-order valence-electron chi connectivity index (χ4n) is 1.72. The standard InChI is InChI=1S/C15H13IO3/c1-18-14-7-3-5-12(9-17)15(14)19-10-11-4-2-6-13(16)8-11/h2-9H,10H2,1H3. The second-order valence-corrected chi connectivity index (χ2v) is 5.16. The molecule has 0 aliphatic rings. The molecule has 0 bridgehead atoms. The van der Waals surface area contributed by atoms with Crippen LogP contribution in [-0.4, -0.2) is 13.4 Å². The van der Waals surface area contributed by atoms with Crippen molar-refractivity contribution >= 4 is 28.9 Å². The van der Waals surface area contributed by atoms with Gasteiger partial charge in [-0.3, -0.25) is 4.79 Å². The number of para-hydroxylation sites is 1. The molecular weight excluding hydrogens is 355 g/mol. The molecule has 3 nitrogen and oxygen atoms in total. The fourth-order valence-corrected chi connectivity index (χ4v) is 2.33. The molecule has 0 aliphatic heterocycles. The van der Waals surface area contributed by atoms with Gasteiger partial charge in [0.2, 0.25) is 0 Å².